The SMILES string of the molecule is C1COC2(C1)CN(C1CC3CC3C1)C2.CC.CC(C)n1ccc(-c2cnc(N)c(OC(F)F)c2)n1. The highest BCUT2D eigenvalue weighted by Gasteiger charge is 2.54. The van der Waals surface area contributed by atoms with E-state index in [-0.39, 0.29) is 17.6 Å². The van der Waals surface area contributed by atoms with Gasteiger partial charge in [-0.2, -0.15) is 13.9 Å². The van der Waals surface area contributed by atoms with Crippen LogP contribution in [0.15, 0.2) is 24.5 Å². The number of fused-ring (bicyclic) bond motifs is 1. The molecule has 4 fully saturated rings. The Morgan fingerprint density at radius 3 is 2.46 bits per heavy atom. The first-order valence-electron chi connectivity index (χ1n) is 13.0. The third kappa shape index (κ3) is 5.94. The third-order valence-corrected chi connectivity index (χ3v) is 7.43. The maximum absolute atomic E-state index is 12.2. The number of nitrogens with two attached hydrogens (primary N) is 1. The van der Waals surface area contributed by atoms with Crippen molar-refractivity contribution in [2.45, 2.75) is 84.1 Å². The zero-order valence-corrected chi connectivity index (χ0v) is 21.3. The molecule has 2 atom stereocenters. The van der Waals surface area contributed by atoms with Gasteiger partial charge in [0.1, 0.15) is 0 Å². The number of nitrogen functional groups attached to an aromatic ring is 1. The van der Waals surface area contributed by atoms with Crippen LogP contribution in [0.25, 0.3) is 11.3 Å². The zero-order chi connectivity index (χ0) is 25.2. The van der Waals surface area contributed by atoms with Crippen LogP contribution in [-0.4, -0.2) is 57.6 Å². The number of aromatic nitrogens is 3. The lowest BCUT2D eigenvalue weighted by Gasteiger charge is -2.50. The van der Waals surface area contributed by atoms with Gasteiger partial charge in [0.05, 0.1) is 11.3 Å². The van der Waals surface area contributed by atoms with E-state index >= 15 is 0 Å². The number of alkyl halides is 2. The Morgan fingerprint density at radius 2 is 1.89 bits per heavy atom. The molecule has 0 aromatic carbocycles. The topological polar surface area (TPSA) is 78.4 Å². The normalized spacial score (nSPS) is 26.0. The molecule has 0 bridgehead atoms. The number of anilines is 1. The molecule has 2 aliphatic heterocycles. The molecular formula is C26H39F2N5O2. The first kappa shape index (κ1) is 25.8. The van der Waals surface area contributed by atoms with Crippen LogP contribution in [0.2, 0.25) is 0 Å². The first-order chi connectivity index (χ1) is 16.8. The van der Waals surface area contributed by atoms with E-state index in [2.05, 4.69) is 19.7 Å². The molecule has 2 aromatic heterocycles. The molecule has 6 rings (SSSR count). The lowest BCUT2D eigenvalue weighted by Crippen LogP contribution is -2.64. The summed E-state index contributed by atoms with van der Waals surface area (Å²) in [4.78, 5) is 6.52. The van der Waals surface area contributed by atoms with E-state index in [0.717, 1.165) is 24.5 Å². The third-order valence-electron chi connectivity index (χ3n) is 7.43. The quantitative estimate of drug-likeness (QED) is 0.605. The minimum absolute atomic E-state index is 0.0765. The van der Waals surface area contributed by atoms with Gasteiger partial charge in [0.15, 0.2) is 11.6 Å². The van der Waals surface area contributed by atoms with Crippen LogP contribution in [-0.2, 0) is 4.74 Å². The van der Waals surface area contributed by atoms with E-state index in [1.807, 2.05) is 33.9 Å². The summed E-state index contributed by atoms with van der Waals surface area (Å²) in [6.45, 7) is 8.55. The first-order valence-corrected chi connectivity index (χ1v) is 13.0. The van der Waals surface area contributed by atoms with Crippen LogP contribution in [0.3, 0.4) is 0 Å². The largest absolute Gasteiger partial charge is 0.431 e. The average molecular weight is 492 g/mol. The van der Waals surface area contributed by atoms with Crippen molar-refractivity contribution in [3.63, 3.8) is 0 Å². The standard InChI is InChI=1S/C12H14F2N4O.C12H19NO.C2H6/c1-7(2)18-4-3-9(17-18)8-5-10(19-12(13)14)11(15)16-6-8;1-2-12(14-3-1)7-13(8-12)11-5-9-4-10(9)6-11;1-2/h3-7,12H,1-2H3,(H2,15,16);9-11H,1-8H2;1-2H3. The molecule has 2 saturated carbocycles. The maximum atomic E-state index is 12.2. The van der Waals surface area contributed by atoms with Gasteiger partial charge in [0.2, 0.25) is 0 Å². The molecule has 4 aliphatic rings. The molecule has 0 amide bonds. The van der Waals surface area contributed by atoms with E-state index in [1.165, 1.54) is 51.0 Å². The fraction of sp³-hybridized carbons (Fsp3) is 0.692. The number of ether oxygens (including phenoxy) is 2. The van der Waals surface area contributed by atoms with E-state index in [0.29, 0.717) is 16.9 Å². The fourth-order valence-corrected chi connectivity index (χ4v) is 5.50. The van der Waals surface area contributed by atoms with Crippen molar-refractivity contribution in [3.8, 4) is 17.0 Å². The lowest BCUT2D eigenvalue weighted by atomic mass is 9.88. The van der Waals surface area contributed by atoms with Crippen molar-refractivity contribution < 1.29 is 18.3 Å². The molecule has 2 unspecified atom stereocenters. The van der Waals surface area contributed by atoms with Crippen molar-refractivity contribution >= 4 is 5.82 Å². The van der Waals surface area contributed by atoms with Gasteiger partial charge in [-0.15, -0.1) is 0 Å². The monoisotopic (exact) mass is 491 g/mol. The number of hydrogen-bond acceptors (Lipinski definition) is 6. The second kappa shape index (κ2) is 10.8. The van der Waals surface area contributed by atoms with E-state index < -0.39 is 6.61 Å². The fourth-order valence-electron chi connectivity index (χ4n) is 5.50. The van der Waals surface area contributed by atoms with Gasteiger partial charge in [0, 0.05) is 49.7 Å². The van der Waals surface area contributed by atoms with E-state index in [9.17, 15) is 8.78 Å². The van der Waals surface area contributed by atoms with Crippen LogP contribution in [0, 0.1) is 11.8 Å². The molecule has 4 heterocycles. The van der Waals surface area contributed by atoms with Gasteiger partial charge >= 0.3 is 6.61 Å². The molecule has 194 valence electrons. The molecule has 1 spiro atoms. The van der Waals surface area contributed by atoms with Gasteiger partial charge < -0.3 is 15.2 Å². The molecular weight excluding hydrogens is 452 g/mol. The van der Waals surface area contributed by atoms with Crippen molar-refractivity contribution in [2.75, 3.05) is 25.4 Å². The number of halogens is 2. The summed E-state index contributed by atoms with van der Waals surface area (Å²) < 4.78 is 36.4. The minimum atomic E-state index is -2.94. The van der Waals surface area contributed by atoms with Crippen molar-refractivity contribution in [1.82, 2.24) is 19.7 Å². The second-order valence-corrected chi connectivity index (χ2v) is 10.2. The van der Waals surface area contributed by atoms with Gasteiger partial charge in [0.25, 0.3) is 0 Å². The molecule has 2 aliphatic carbocycles. The molecule has 35 heavy (non-hydrogen) atoms. The van der Waals surface area contributed by atoms with E-state index in [1.54, 1.807) is 17.2 Å². The number of pyridine rings is 1. The van der Waals surface area contributed by atoms with Crippen LogP contribution < -0.4 is 10.5 Å². The van der Waals surface area contributed by atoms with Crippen molar-refractivity contribution in [2.24, 2.45) is 11.8 Å². The Balaban J connectivity index is 0.000000159. The summed E-state index contributed by atoms with van der Waals surface area (Å²) in [7, 11) is 0. The Labute approximate surface area is 207 Å². The predicted octanol–water partition coefficient (Wildman–Crippen LogP) is 5.39. The maximum Gasteiger partial charge on any atom is 0.387 e. The molecule has 7 nitrogen and oxygen atoms in total. The Bertz CT molecular complexity index is 958. The molecule has 2 N–H and O–H groups in total. The second-order valence-electron chi connectivity index (χ2n) is 10.2. The van der Waals surface area contributed by atoms with Crippen LogP contribution >= 0.6 is 0 Å². The minimum Gasteiger partial charge on any atom is -0.431 e. The molecule has 2 saturated heterocycles. The number of likely N-dealkylation sites (tertiary alicyclic amines) is 1. The number of hydrogen-bond donors (Lipinski definition) is 1. The highest BCUT2D eigenvalue weighted by molar-refractivity contribution is 5.63. The van der Waals surface area contributed by atoms with Gasteiger partial charge in [-0.05, 0) is 69.9 Å². The molecule has 0 radical (unpaired) electrons. The lowest BCUT2D eigenvalue weighted by molar-refractivity contribution is -0.126. The average Bonchev–Trinajstić information content (AvgIpc) is 3.27. The van der Waals surface area contributed by atoms with Crippen molar-refractivity contribution in [3.05, 3.63) is 24.5 Å². The van der Waals surface area contributed by atoms with Gasteiger partial charge in [-0.1, -0.05) is 13.8 Å². The van der Waals surface area contributed by atoms with Crippen LogP contribution in [0.5, 0.6) is 5.75 Å². The Kier molecular flexibility index (Phi) is 7.96. The van der Waals surface area contributed by atoms with Crippen molar-refractivity contribution in [1.29, 1.82) is 0 Å². The summed E-state index contributed by atoms with van der Waals surface area (Å²) in [5.74, 6) is 2.03. The zero-order valence-electron chi connectivity index (χ0n) is 21.3. The summed E-state index contributed by atoms with van der Waals surface area (Å²) in [6.07, 6.45) is 10.4. The van der Waals surface area contributed by atoms with Crippen LogP contribution in [0.1, 0.15) is 65.8 Å². The Hall–Kier alpha value is -2.26. The summed E-state index contributed by atoms with van der Waals surface area (Å²) in [5, 5.41) is 4.32. The molecule has 2 aromatic rings. The highest BCUT2D eigenvalue weighted by Crippen LogP contribution is 2.54. The summed E-state index contributed by atoms with van der Waals surface area (Å²) in [5.41, 5.74) is 7.00. The van der Waals surface area contributed by atoms with Gasteiger partial charge in [-0.3, -0.25) is 9.58 Å². The predicted molar refractivity (Wildman–Crippen MR) is 132 cm³/mol. The highest BCUT2D eigenvalue weighted by atomic mass is 19.3. The van der Waals surface area contributed by atoms with Gasteiger partial charge in [-0.25, -0.2) is 4.98 Å². The Morgan fingerprint density at radius 1 is 1.17 bits per heavy atom. The molecule has 9 heteroatoms. The smallest absolute Gasteiger partial charge is 0.387 e. The van der Waals surface area contributed by atoms with Crippen LogP contribution in [0.4, 0.5) is 14.6 Å². The van der Waals surface area contributed by atoms with E-state index in [4.69, 9.17) is 10.5 Å². The number of rotatable bonds is 5. The summed E-state index contributed by atoms with van der Waals surface area (Å²) >= 11 is 0. The number of nitrogens with zero attached hydrogens (tertiary/aromatic N) is 4. The summed E-state index contributed by atoms with van der Waals surface area (Å²) in [6, 6.07) is 4.33.